The predicted molar refractivity (Wildman–Crippen MR) is 111 cm³/mol. The lowest BCUT2D eigenvalue weighted by molar-refractivity contribution is -0.123. The fourth-order valence-electron chi connectivity index (χ4n) is 2.89. The number of aromatic nitrogens is 2. The quantitative estimate of drug-likeness (QED) is 0.472. The minimum atomic E-state index is -0.362. The Labute approximate surface area is 170 Å². The first-order chi connectivity index (χ1) is 14.1. The molecule has 3 aromatic rings. The van der Waals surface area contributed by atoms with Gasteiger partial charge in [-0.3, -0.25) is 9.48 Å². The third-order valence-corrected chi connectivity index (χ3v) is 4.42. The van der Waals surface area contributed by atoms with E-state index in [2.05, 4.69) is 27.8 Å². The summed E-state index contributed by atoms with van der Waals surface area (Å²) in [5.74, 6) is 0.711. The van der Waals surface area contributed by atoms with Crippen molar-refractivity contribution in [3.8, 4) is 11.5 Å². The second kappa shape index (κ2) is 9.54. The van der Waals surface area contributed by atoms with Crippen molar-refractivity contribution in [2.24, 2.45) is 5.10 Å². The second-order valence-electron chi connectivity index (χ2n) is 6.46. The van der Waals surface area contributed by atoms with Crippen molar-refractivity contribution in [2.75, 3.05) is 13.7 Å². The monoisotopic (exact) mass is 392 g/mol. The Morgan fingerprint density at radius 2 is 1.79 bits per heavy atom. The highest BCUT2D eigenvalue weighted by Gasteiger charge is 2.11. The van der Waals surface area contributed by atoms with E-state index < -0.39 is 0 Å². The standard InChI is InChI=1S/C22H24N4O3/c1-16-19(17(2)26(25-16)14-18-9-5-4-6-10-18)13-23-24-22(27)15-29-21-12-8-7-11-20(21)28-3/h4-13H,14-15H2,1-3H3,(H,24,27)/b23-13-. The van der Waals surface area contributed by atoms with Crippen LogP contribution in [-0.2, 0) is 11.3 Å². The number of carbonyl (C=O) groups excluding carboxylic acids is 1. The zero-order valence-corrected chi connectivity index (χ0v) is 16.8. The van der Waals surface area contributed by atoms with E-state index in [1.807, 2.05) is 48.9 Å². The van der Waals surface area contributed by atoms with Crippen LogP contribution in [0.4, 0.5) is 0 Å². The summed E-state index contributed by atoms with van der Waals surface area (Å²) < 4.78 is 12.6. The fourth-order valence-corrected chi connectivity index (χ4v) is 2.89. The van der Waals surface area contributed by atoms with Crippen LogP contribution in [0.5, 0.6) is 11.5 Å². The minimum Gasteiger partial charge on any atom is -0.493 e. The molecular formula is C22H24N4O3. The molecule has 29 heavy (non-hydrogen) atoms. The molecule has 7 heteroatoms. The van der Waals surface area contributed by atoms with Crippen LogP contribution in [0.2, 0.25) is 0 Å². The molecule has 0 aliphatic rings. The van der Waals surface area contributed by atoms with Crippen molar-refractivity contribution >= 4 is 12.1 Å². The average molecular weight is 392 g/mol. The molecule has 0 fully saturated rings. The molecule has 2 aromatic carbocycles. The Balaban J connectivity index is 1.58. The Morgan fingerprint density at radius 1 is 1.10 bits per heavy atom. The number of hydrogen-bond acceptors (Lipinski definition) is 5. The lowest BCUT2D eigenvalue weighted by Gasteiger charge is -2.09. The molecular weight excluding hydrogens is 368 g/mol. The summed E-state index contributed by atoms with van der Waals surface area (Å²) in [6.07, 6.45) is 1.61. The van der Waals surface area contributed by atoms with E-state index in [0.29, 0.717) is 18.0 Å². The van der Waals surface area contributed by atoms with Gasteiger partial charge in [-0.15, -0.1) is 0 Å². The maximum Gasteiger partial charge on any atom is 0.277 e. The topological polar surface area (TPSA) is 77.7 Å². The summed E-state index contributed by atoms with van der Waals surface area (Å²) in [4.78, 5) is 12.0. The van der Waals surface area contributed by atoms with Crippen LogP contribution in [0.1, 0.15) is 22.5 Å². The van der Waals surface area contributed by atoms with Gasteiger partial charge in [0, 0.05) is 11.3 Å². The van der Waals surface area contributed by atoms with Crippen LogP contribution in [0.15, 0.2) is 59.7 Å². The summed E-state index contributed by atoms with van der Waals surface area (Å²) in [5, 5.41) is 8.62. The number of ether oxygens (including phenoxy) is 2. The number of nitrogens with one attached hydrogen (secondary N) is 1. The zero-order valence-electron chi connectivity index (χ0n) is 16.8. The van der Waals surface area contributed by atoms with Crippen LogP contribution >= 0.6 is 0 Å². The Bertz CT molecular complexity index is 997. The molecule has 0 spiro atoms. The highest BCUT2D eigenvalue weighted by molar-refractivity contribution is 5.84. The van der Waals surface area contributed by atoms with Gasteiger partial charge in [-0.05, 0) is 31.5 Å². The van der Waals surface area contributed by atoms with E-state index in [1.165, 1.54) is 5.56 Å². The molecule has 3 rings (SSSR count). The number of methoxy groups -OCH3 is 1. The van der Waals surface area contributed by atoms with E-state index >= 15 is 0 Å². The van der Waals surface area contributed by atoms with Gasteiger partial charge in [0.1, 0.15) is 0 Å². The van der Waals surface area contributed by atoms with Gasteiger partial charge in [0.05, 0.1) is 25.6 Å². The van der Waals surface area contributed by atoms with Gasteiger partial charge < -0.3 is 9.47 Å². The van der Waals surface area contributed by atoms with Crippen LogP contribution in [0.25, 0.3) is 0 Å². The lowest BCUT2D eigenvalue weighted by atomic mass is 10.2. The molecule has 0 aliphatic carbocycles. The molecule has 1 aromatic heterocycles. The number of para-hydroxylation sites is 2. The minimum absolute atomic E-state index is 0.164. The summed E-state index contributed by atoms with van der Waals surface area (Å²) in [7, 11) is 1.55. The molecule has 1 heterocycles. The number of benzene rings is 2. The molecule has 7 nitrogen and oxygen atoms in total. The molecule has 0 unspecified atom stereocenters. The van der Waals surface area contributed by atoms with E-state index in [0.717, 1.165) is 17.0 Å². The van der Waals surface area contributed by atoms with Gasteiger partial charge in [-0.2, -0.15) is 10.2 Å². The number of hydrogen-bond donors (Lipinski definition) is 1. The maximum atomic E-state index is 12.0. The molecule has 0 atom stereocenters. The Morgan fingerprint density at radius 3 is 2.52 bits per heavy atom. The predicted octanol–water partition coefficient (Wildman–Crippen LogP) is 3.09. The number of carbonyl (C=O) groups is 1. The van der Waals surface area contributed by atoms with Gasteiger partial charge in [-0.1, -0.05) is 42.5 Å². The van der Waals surface area contributed by atoms with Crippen LogP contribution < -0.4 is 14.9 Å². The summed E-state index contributed by atoms with van der Waals surface area (Å²) in [6.45, 7) is 4.42. The van der Waals surface area contributed by atoms with Crippen molar-refractivity contribution < 1.29 is 14.3 Å². The van der Waals surface area contributed by atoms with Gasteiger partial charge in [0.15, 0.2) is 18.1 Å². The van der Waals surface area contributed by atoms with Crippen molar-refractivity contribution in [1.82, 2.24) is 15.2 Å². The van der Waals surface area contributed by atoms with Gasteiger partial charge in [0.25, 0.3) is 5.91 Å². The lowest BCUT2D eigenvalue weighted by Crippen LogP contribution is -2.24. The molecule has 0 bridgehead atoms. The number of aryl methyl sites for hydroxylation is 1. The van der Waals surface area contributed by atoms with Crippen molar-refractivity contribution in [3.05, 3.63) is 77.1 Å². The normalized spacial score (nSPS) is 10.9. The molecule has 150 valence electrons. The van der Waals surface area contributed by atoms with Crippen LogP contribution in [0.3, 0.4) is 0 Å². The van der Waals surface area contributed by atoms with E-state index in [9.17, 15) is 4.79 Å². The fraction of sp³-hybridized carbons (Fsp3) is 0.227. The van der Waals surface area contributed by atoms with Crippen molar-refractivity contribution in [1.29, 1.82) is 0 Å². The summed E-state index contributed by atoms with van der Waals surface area (Å²) >= 11 is 0. The van der Waals surface area contributed by atoms with Gasteiger partial charge >= 0.3 is 0 Å². The zero-order chi connectivity index (χ0) is 20.6. The van der Waals surface area contributed by atoms with Crippen LogP contribution in [-0.4, -0.2) is 35.6 Å². The SMILES string of the molecule is COc1ccccc1OCC(=O)N/N=C\c1c(C)nn(Cc2ccccc2)c1C. The van der Waals surface area contributed by atoms with Crippen molar-refractivity contribution in [2.45, 2.75) is 20.4 Å². The number of nitrogens with zero attached hydrogens (tertiary/aromatic N) is 3. The highest BCUT2D eigenvalue weighted by Crippen LogP contribution is 2.25. The molecule has 1 N–H and O–H groups in total. The molecule has 0 saturated carbocycles. The third-order valence-electron chi connectivity index (χ3n) is 4.42. The van der Waals surface area contributed by atoms with Crippen LogP contribution in [0, 0.1) is 13.8 Å². The number of hydrazone groups is 1. The van der Waals surface area contributed by atoms with E-state index in [1.54, 1.807) is 25.5 Å². The average Bonchev–Trinajstić information content (AvgIpc) is 3.00. The molecule has 0 aliphatic heterocycles. The second-order valence-corrected chi connectivity index (χ2v) is 6.46. The van der Waals surface area contributed by atoms with Gasteiger partial charge in [-0.25, -0.2) is 5.43 Å². The maximum absolute atomic E-state index is 12.0. The van der Waals surface area contributed by atoms with Gasteiger partial charge in [0.2, 0.25) is 0 Å². The Kier molecular flexibility index (Phi) is 6.63. The first-order valence-corrected chi connectivity index (χ1v) is 9.24. The first kappa shape index (κ1) is 20.1. The van der Waals surface area contributed by atoms with E-state index in [4.69, 9.17) is 9.47 Å². The molecule has 0 saturated heterocycles. The Hall–Kier alpha value is -3.61. The number of amides is 1. The summed E-state index contributed by atoms with van der Waals surface area (Å²) in [6, 6.07) is 17.3. The third kappa shape index (κ3) is 5.22. The molecule has 1 amide bonds. The first-order valence-electron chi connectivity index (χ1n) is 9.24. The van der Waals surface area contributed by atoms with E-state index in [-0.39, 0.29) is 12.5 Å². The summed E-state index contributed by atoms with van der Waals surface area (Å²) in [5.41, 5.74) is 6.36. The smallest absolute Gasteiger partial charge is 0.277 e. The molecule has 0 radical (unpaired) electrons. The van der Waals surface area contributed by atoms with Crippen molar-refractivity contribution in [3.63, 3.8) is 0 Å². The number of rotatable bonds is 8. The highest BCUT2D eigenvalue weighted by atomic mass is 16.5. The largest absolute Gasteiger partial charge is 0.493 e.